The van der Waals surface area contributed by atoms with E-state index in [4.69, 9.17) is 4.74 Å². The fraction of sp³-hybridized carbons (Fsp3) is 0.600. The first-order valence-electron chi connectivity index (χ1n) is 6.93. The molecule has 0 bridgehead atoms. The molecule has 1 aliphatic heterocycles. The van der Waals surface area contributed by atoms with Crippen LogP contribution in [0.4, 0.5) is 4.39 Å². The molecule has 106 valence electrons. The minimum atomic E-state index is -0.757. The van der Waals surface area contributed by atoms with Crippen LogP contribution in [0, 0.1) is 11.7 Å². The number of nitrogens with zero attached hydrogens (tertiary/aromatic N) is 1. The van der Waals surface area contributed by atoms with Crippen molar-refractivity contribution in [2.24, 2.45) is 5.92 Å². The summed E-state index contributed by atoms with van der Waals surface area (Å²) in [6, 6.07) is 6.43. The number of benzene rings is 1. The molecule has 0 saturated carbocycles. The molecule has 1 aromatic carbocycles. The Balaban J connectivity index is 1.84. The molecule has 0 radical (unpaired) electrons. The first-order valence-corrected chi connectivity index (χ1v) is 6.93. The molecule has 0 aliphatic carbocycles. The van der Waals surface area contributed by atoms with Gasteiger partial charge in [0.25, 0.3) is 0 Å². The van der Waals surface area contributed by atoms with Crippen molar-refractivity contribution < 1.29 is 14.2 Å². The van der Waals surface area contributed by atoms with E-state index in [0.29, 0.717) is 18.0 Å². The van der Waals surface area contributed by atoms with Crippen molar-refractivity contribution in [2.75, 3.05) is 32.8 Å². The monoisotopic (exact) mass is 267 g/mol. The number of β-amino-alcohol motifs (C(OH)–C–C–N with tert-alkyl or cyclic N) is 1. The van der Waals surface area contributed by atoms with Gasteiger partial charge in [-0.3, -0.25) is 0 Å². The summed E-state index contributed by atoms with van der Waals surface area (Å²) in [7, 11) is 0. The molecule has 0 spiro atoms. The Morgan fingerprint density at radius 1 is 1.47 bits per heavy atom. The van der Waals surface area contributed by atoms with Gasteiger partial charge in [-0.2, -0.15) is 0 Å². The third-order valence-electron chi connectivity index (χ3n) is 3.62. The number of halogens is 1. The highest BCUT2D eigenvalue weighted by molar-refractivity contribution is 5.20. The van der Waals surface area contributed by atoms with Gasteiger partial charge in [0.05, 0.1) is 12.7 Å². The minimum Gasteiger partial charge on any atom is -0.387 e. The second-order valence-corrected chi connectivity index (χ2v) is 5.11. The Kier molecular flexibility index (Phi) is 5.31. The fourth-order valence-corrected chi connectivity index (χ4v) is 2.59. The van der Waals surface area contributed by atoms with Crippen LogP contribution in [0.3, 0.4) is 0 Å². The second kappa shape index (κ2) is 6.98. The molecular formula is C15H22FNO2. The summed E-state index contributed by atoms with van der Waals surface area (Å²) < 4.78 is 19.0. The number of ether oxygens (including phenoxy) is 1. The van der Waals surface area contributed by atoms with Gasteiger partial charge >= 0.3 is 0 Å². The van der Waals surface area contributed by atoms with Gasteiger partial charge in [-0.05, 0) is 31.9 Å². The molecule has 19 heavy (non-hydrogen) atoms. The first kappa shape index (κ1) is 14.4. The molecule has 0 amide bonds. The van der Waals surface area contributed by atoms with Crippen LogP contribution >= 0.6 is 0 Å². The molecule has 1 N–H and O–H groups in total. The van der Waals surface area contributed by atoms with Crippen molar-refractivity contribution in [3.8, 4) is 0 Å². The first-order chi connectivity index (χ1) is 9.20. The average molecular weight is 267 g/mol. The lowest BCUT2D eigenvalue weighted by Gasteiger charge is -2.20. The van der Waals surface area contributed by atoms with Gasteiger partial charge in [0.15, 0.2) is 0 Å². The SMILES string of the molecule is CCOCC1CCN(CC(O)c2ccccc2F)C1. The van der Waals surface area contributed by atoms with Crippen LogP contribution in [0.1, 0.15) is 25.0 Å². The van der Waals surface area contributed by atoms with Gasteiger partial charge in [-0.1, -0.05) is 18.2 Å². The molecule has 2 atom stereocenters. The quantitative estimate of drug-likeness (QED) is 0.858. The summed E-state index contributed by atoms with van der Waals surface area (Å²) in [6.07, 6.45) is 0.330. The fourth-order valence-electron chi connectivity index (χ4n) is 2.59. The molecule has 2 unspecified atom stereocenters. The summed E-state index contributed by atoms with van der Waals surface area (Å²) in [5.41, 5.74) is 0.385. The van der Waals surface area contributed by atoms with Gasteiger partial charge in [-0.25, -0.2) is 4.39 Å². The lowest BCUT2D eigenvalue weighted by Crippen LogP contribution is -2.27. The van der Waals surface area contributed by atoms with E-state index < -0.39 is 6.10 Å². The number of likely N-dealkylation sites (tertiary alicyclic amines) is 1. The van der Waals surface area contributed by atoms with E-state index in [1.54, 1.807) is 18.2 Å². The summed E-state index contributed by atoms with van der Waals surface area (Å²) in [6.45, 7) is 5.88. The zero-order valence-corrected chi connectivity index (χ0v) is 11.4. The summed E-state index contributed by atoms with van der Waals surface area (Å²) in [5.74, 6) is 0.202. The van der Waals surface area contributed by atoms with Crippen molar-refractivity contribution in [1.29, 1.82) is 0 Å². The van der Waals surface area contributed by atoms with Crippen molar-refractivity contribution in [3.63, 3.8) is 0 Å². The van der Waals surface area contributed by atoms with Crippen LogP contribution in [0.2, 0.25) is 0 Å². The summed E-state index contributed by atoms with van der Waals surface area (Å²) >= 11 is 0. The lowest BCUT2D eigenvalue weighted by molar-refractivity contribution is 0.0989. The van der Waals surface area contributed by atoms with E-state index in [0.717, 1.165) is 32.7 Å². The Labute approximate surface area is 114 Å². The van der Waals surface area contributed by atoms with Crippen LogP contribution < -0.4 is 0 Å². The molecule has 2 rings (SSSR count). The lowest BCUT2D eigenvalue weighted by atomic mass is 10.1. The molecule has 1 aliphatic rings. The van der Waals surface area contributed by atoms with Crippen molar-refractivity contribution in [2.45, 2.75) is 19.4 Å². The summed E-state index contributed by atoms with van der Waals surface area (Å²) in [5, 5.41) is 10.1. The van der Waals surface area contributed by atoms with Crippen molar-refractivity contribution >= 4 is 0 Å². The molecule has 4 heteroatoms. The molecule has 1 fully saturated rings. The predicted octanol–water partition coefficient (Wildman–Crippen LogP) is 2.22. The van der Waals surface area contributed by atoms with E-state index in [-0.39, 0.29) is 5.82 Å². The van der Waals surface area contributed by atoms with E-state index in [1.807, 2.05) is 6.92 Å². The van der Waals surface area contributed by atoms with Crippen LogP contribution in [-0.4, -0.2) is 42.9 Å². The average Bonchev–Trinajstić information content (AvgIpc) is 2.84. The van der Waals surface area contributed by atoms with Crippen LogP contribution in [0.15, 0.2) is 24.3 Å². The van der Waals surface area contributed by atoms with E-state index >= 15 is 0 Å². The maximum absolute atomic E-state index is 13.6. The zero-order chi connectivity index (χ0) is 13.7. The number of hydrogen-bond acceptors (Lipinski definition) is 3. The van der Waals surface area contributed by atoms with Crippen molar-refractivity contribution in [1.82, 2.24) is 4.90 Å². The van der Waals surface area contributed by atoms with Gasteiger partial charge in [-0.15, -0.1) is 0 Å². The van der Waals surface area contributed by atoms with E-state index in [2.05, 4.69) is 4.90 Å². The third kappa shape index (κ3) is 4.00. The van der Waals surface area contributed by atoms with E-state index in [1.165, 1.54) is 6.07 Å². The number of aliphatic hydroxyl groups excluding tert-OH is 1. The van der Waals surface area contributed by atoms with Gasteiger partial charge in [0, 0.05) is 25.3 Å². The van der Waals surface area contributed by atoms with Crippen LogP contribution in [0.5, 0.6) is 0 Å². The van der Waals surface area contributed by atoms with Crippen LogP contribution in [-0.2, 0) is 4.74 Å². The number of aliphatic hydroxyl groups is 1. The summed E-state index contributed by atoms with van der Waals surface area (Å²) in [4.78, 5) is 2.18. The van der Waals surface area contributed by atoms with Crippen molar-refractivity contribution in [3.05, 3.63) is 35.6 Å². The topological polar surface area (TPSA) is 32.7 Å². The van der Waals surface area contributed by atoms with Gasteiger partial charge in [0.1, 0.15) is 5.82 Å². The predicted molar refractivity (Wildman–Crippen MR) is 72.4 cm³/mol. The largest absolute Gasteiger partial charge is 0.387 e. The maximum Gasteiger partial charge on any atom is 0.129 e. The maximum atomic E-state index is 13.6. The standard InChI is InChI=1S/C15H22FNO2/c1-2-19-11-12-7-8-17(9-12)10-15(18)13-5-3-4-6-14(13)16/h3-6,12,15,18H,2,7-11H2,1H3. The molecule has 1 heterocycles. The Morgan fingerprint density at radius 3 is 3.00 bits per heavy atom. The molecule has 3 nitrogen and oxygen atoms in total. The third-order valence-corrected chi connectivity index (χ3v) is 3.62. The molecule has 0 aromatic heterocycles. The molecular weight excluding hydrogens is 245 g/mol. The van der Waals surface area contributed by atoms with Gasteiger partial charge in [0.2, 0.25) is 0 Å². The zero-order valence-electron chi connectivity index (χ0n) is 11.4. The highest BCUT2D eigenvalue weighted by Gasteiger charge is 2.25. The smallest absolute Gasteiger partial charge is 0.129 e. The highest BCUT2D eigenvalue weighted by atomic mass is 19.1. The Hall–Kier alpha value is -0.970. The highest BCUT2D eigenvalue weighted by Crippen LogP contribution is 2.22. The normalized spacial score (nSPS) is 21.7. The van der Waals surface area contributed by atoms with E-state index in [9.17, 15) is 9.50 Å². The molecule has 1 saturated heterocycles. The Morgan fingerprint density at radius 2 is 2.26 bits per heavy atom. The van der Waals surface area contributed by atoms with Gasteiger partial charge < -0.3 is 14.7 Å². The second-order valence-electron chi connectivity index (χ2n) is 5.11. The number of rotatable bonds is 6. The minimum absolute atomic E-state index is 0.333. The Bertz CT molecular complexity index is 399. The molecule has 1 aromatic rings. The number of hydrogen-bond donors (Lipinski definition) is 1. The van der Waals surface area contributed by atoms with Crippen LogP contribution in [0.25, 0.3) is 0 Å².